The average molecular weight is 257 g/mol. The summed E-state index contributed by atoms with van der Waals surface area (Å²) in [5.41, 5.74) is 0. The Morgan fingerprint density at radius 2 is 2.24 bits per heavy atom. The van der Waals surface area contributed by atoms with E-state index in [1.165, 1.54) is 24.2 Å². The number of carboxylic acid groups (broad SMARTS) is 1. The van der Waals surface area contributed by atoms with Gasteiger partial charge in [0.1, 0.15) is 5.01 Å². The molecule has 0 aromatic carbocycles. The number of carboxylic acids is 1. The summed E-state index contributed by atoms with van der Waals surface area (Å²) in [6, 6.07) is 0. The molecule has 5 nitrogen and oxygen atoms in total. The van der Waals surface area contributed by atoms with Crippen molar-refractivity contribution in [2.75, 3.05) is 11.9 Å². The monoisotopic (exact) mass is 257 g/mol. The zero-order valence-corrected chi connectivity index (χ0v) is 11.1. The van der Waals surface area contributed by atoms with Crippen LogP contribution in [0.3, 0.4) is 0 Å². The Labute approximate surface area is 105 Å². The molecule has 0 spiro atoms. The smallest absolute Gasteiger partial charge is 0.308 e. The van der Waals surface area contributed by atoms with Crippen LogP contribution >= 0.6 is 11.3 Å². The molecule has 6 heteroatoms. The van der Waals surface area contributed by atoms with Crippen LogP contribution in [-0.2, 0) is 11.2 Å². The largest absolute Gasteiger partial charge is 0.481 e. The fourth-order valence-corrected chi connectivity index (χ4v) is 2.07. The Kier molecular flexibility index (Phi) is 5.90. The van der Waals surface area contributed by atoms with Crippen molar-refractivity contribution < 1.29 is 9.90 Å². The molecule has 0 bridgehead atoms. The lowest BCUT2D eigenvalue weighted by Gasteiger charge is -2.05. The molecule has 1 aromatic rings. The topological polar surface area (TPSA) is 75.1 Å². The van der Waals surface area contributed by atoms with E-state index in [2.05, 4.69) is 22.4 Å². The van der Waals surface area contributed by atoms with Crippen molar-refractivity contribution >= 4 is 22.4 Å². The number of nitrogens with one attached hydrogen (secondary N) is 1. The van der Waals surface area contributed by atoms with Crippen molar-refractivity contribution in [3.8, 4) is 0 Å². The van der Waals surface area contributed by atoms with Crippen LogP contribution in [0, 0.1) is 5.92 Å². The van der Waals surface area contributed by atoms with E-state index < -0.39 is 11.9 Å². The lowest BCUT2D eigenvalue weighted by Crippen LogP contribution is -2.19. The molecule has 17 heavy (non-hydrogen) atoms. The van der Waals surface area contributed by atoms with E-state index in [0.717, 1.165) is 17.8 Å². The van der Waals surface area contributed by atoms with E-state index in [1.54, 1.807) is 6.92 Å². The minimum Gasteiger partial charge on any atom is -0.481 e. The van der Waals surface area contributed by atoms with Crippen molar-refractivity contribution in [2.24, 2.45) is 5.92 Å². The SMILES string of the molecule is CCCCCc1nnc(NCC(C)C(=O)O)s1. The molecule has 0 aliphatic carbocycles. The molecule has 1 rings (SSSR count). The van der Waals surface area contributed by atoms with Gasteiger partial charge in [0, 0.05) is 13.0 Å². The number of aryl methyl sites for hydroxylation is 1. The van der Waals surface area contributed by atoms with Gasteiger partial charge in [0.2, 0.25) is 5.13 Å². The second-order valence-electron chi connectivity index (χ2n) is 4.08. The Bertz CT molecular complexity index is 354. The zero-order chi connectivity index (χ0) is 12.7. The third kappa shape index (κ3) is 5.12. The summed E-state index contributed by atoms with van der Waals surface area (Å²) in [5.74, 6) is -1.22. The Balaban J connectivity index is 2.32. The third-order valence-electron chi connectivity index (χ3n) is 2.44. The molecule has 2 N–H and O–H groups in total. The van der Waals surface area contributed by atoms with Crippen LogP contribution in [-0.4, -0.2) is 27.8 Å². The second-order valence-corrected chi connectivity index (χ2v) is 5.14. The number of carbonyl (C=O) groups is 1. The maximum Gasteiger partial charge on any atom is 0.308 e. The first-order valence-corrected chi connectivity index (χ1v) is 6.74. The molecule has 0 aliphatic rings. The highest BCUT2D eigenvalue weighted by atomic mass is 32.1. The summed E-state index contributed by atoms with van der Waals surface area (Å²) in [7, 11) is 0. The molecule has 1 atom stereocenters. The summed E-state index contributed by atoms with van der Waals surface area (Å²) >= 11 is 1.51. The van der Waals surface area contributed by atoms with Gasteiger partial charge >= 0.3 is 5.97 Å². The standard InChI is InChI=1S/C11H19N3O2S/c1-3-4-5-6-9-13-14-11(17-9)12-7-8(2)10(15)16/h8H,3-7H2,1-2H3,(H,12,14)(H,15,16). The molecule has 0 radical (unpaired) electrons. The van der Waals surface area contributed by atoms with Gasteiger partial charge in [0.05, 0.1) is 5.92 Å². The molecular formula is C11H19N3O2S. The number of hydrogen-bond acceptors (Lipinski definition) is 5. The van der Waals surface area contributed by atoms with E-state index in [4.69, 9.17) is 5.11 Å². The lowest BCUT2D eigenvalue weighted by molar-refractivity contribution is -0.140. The van der Waals surface area contributed by atoms with Gasteiger partial charge in [-0.2, -0.15) is 0 Å². The number of hydrogen-bond donors (Lipinski definition) is 2. The quantitative estimate of drug-likeness (QED) is 0.699. The lowest BCUT2D eigenvalue weighted by atomic mass is 10.2. The molecule has 1 aromatic heterocycles. The van der Waals surface area contributed by atoms with E-state index in [9.17, 15) is 4.79 Å². The van der Waals surface area contributed by atoms with Crippen molar-refractivity contribution in [1.82, 2.24) is 10.2 Å². The molecule has 0 aliphatic heterocycles. The average Bonchev–Trinajstić information content (AvgIpc) is 2.74. The first kappa shape index (κ1) is 13.9. The summed E-state index contributed by atoms with van der Waals surface area (Å²) in [6.45, 7) is 4.22. The maximum atomic E-state index is 10.6. The molecule has 1 unspecified atom stereocenters. The molecule has 0 amide bonds. The normalized spacial score (nSPS) is 12.4. The van der Waals surface area contributed by atoms with Gasteiger partial charge in [-0.25, -0.2) is 0 Å². The van der Waals surface area contributed by atoms with Crippen LogP contribution in [0.1, 0.15) is 38.1 Å². The van der Waals surface area contributed by atoms with Crippen LogP contribution in [0.15, 0.2) is 0 Å². The highest BCUT2D eigenvalue weighted by Crippen LogP contribution is 2.17. The van der Waals surface area contributed by atoms with Gasteiger partial charge in [0.25, 0.3) is 0 Å². The predicted octanol–water partition coefficient (Wildman–Crippen LogP) is 2.40. The summed E-state index contributed by atoms with van der Waals surface area (Å²) < 4.78 is 0. The molecule has 0 fully saturated rings. The fraction of sp³-hybridized carbons (Fsp3) is 0.727. The number of aromatic nitrogens is 2. The van der Waals surface area contributed by atoms with Crippen LogP contribution in [0.4, 0.5) is 5.13 Å². The molecule has 1 heterocycles. The van der Waals surface area contributed by atoms with Crippen molar-refractivity contribution in [2.45, 2.75) is 39.5 Å². The minimum atomic E-state index is -0.801. The van der Waals surface area contributed by atoms with Crippen LogP contribution in [0.5, 0.6) is 0 Å². The Hall–Kier alpha value is -1.17. The minimum absolute atomic E-state index is 0.388. The van der Waals surface area contributed by atoms with Crippen molar-refractivity contribution in [1.29, 1.82) is 0 Å². The van der Waals surface area contributed by atoms with Crippen molar-refractivity contribution in [3.63, 3.8) is 0 Å². The highest BCUT2D eigenvalue weighted by molar-refractivity contribution is 7.15. The molecule has 0 saturated carbocycles. The van der Waals surface area contributed by atoms with E-state index in [-0.39, 0.29) is 0 Å². The van der Waals surface area contributed by atoms with E-state index >= 15 is 0 Å². The first-order valence-electron chi connectivity index (χ1n) is 5.92. The third-order valence-corrected chi connectivity index (χ3v) is 3.38. The Morgan fingerprint density at radius 1 is 1.47 bits per heavy atom. The molecular weight excluding hydrogens is 238 g/mol. The number of rotatable bonds is 8. The second kappa shape index (κ2) is 7.21. The van der Waals surface area contributed by atoms with E-state index in [1.807, 2.05) is 0 Å². The zero-order valence-electron chi connectivity index (χ0n) is 10.3. The number of nitrogens with zero attached hydrogens (tertiary/aromatic N) is 2. The van der Waals surface area contributed by atoms with Crippen LogP contribution < -0.4 is 5.32 Å². The predicted molar refractivity (Wildman–Crippen MR) is 68.4 cm³/mol. The fourth-order valence-electron chi connectivity index (χ4n) is 1.28. The van der Waals surface area contributed by atoms with Gasteiger partial charge in [0.15, 0.2) is 0 Å². The number of unbranched alkanes of at least 4 members (excludes halogenated alkanes) is 2. The van der Waals surface area contributed by atoms with Crippen molar-refractivity contribution in [3.05, 3.63) is 5.01 Å². The van der Waals surface area contributed by atoms with Gasteiger partial charge in [-0.05, 0) is 6.42 Å². The van der Waals surface area contributed by atoms with Crippen LogP contribution in [0.25, 0.3) is 0 Å². The highest BCUT2D eigenvalue weighted by Gasteiger charge is 2.11. The van der Waals surface area contributed by atoms with Gasteiger partial charge in [-0.1, -0.05) is 38.0 Å². The maximum absolute atomic E-state index is 10.6. The summed E-state index contributed by atoms with van der Waals surface area (Å²) in [5, 5.41) is 21.5. The summed E-state index contributed by atoms with van der Waals surface area (Å²) in [4.78, 5) is 10.6. The van der Waals surface area contributed by atoms with Crippen LogP contribution in [0.2, 0.25) is 0 Å². The van der Waals surface area contributed by atoms with Gasteiger partial charge < -0.3 is 10.4 Å². The molecule has 0 saturated heterocycles. The number of aliphatic carboxylic acids is 1. The summed E-state index contributed by atoms with van der Waals surface area (Å²) in [6.07, 6.45) is 4.50. The van der Waals surface area contributed by atoms with Gasteiger partial charge in [-0.3, -0.25) is 4.79 Å². The Morgan fingerprint density at radius 3 is 2.88 bits per heavy atom. The molecule has 96 valence electrons. The van der Waals surface area contributed by atoms with E-state index in [0.29, 0.717) is 11.7 Å². The first-order chi connectivity index (χ1) is 8.13. The number of anilines is 1. The van der Waals surface area contributed by atoms with Gasteiger partial charge in [-0.15, -0.1) is 10.2 Å².